The van der Waals surface area contributed by atoms with Crippen LogP contribution in [0.2, 0.25) is 0 Å². The van der Waals surface area contributed by atoms with E-state index in [1.54, 1.807) is 0 Å². The summed E-state index contributed by atoms with van der Waals surface area (Å²) in [4.78, 5) is 2.42. The van der Waals surface area contributed by atoms with Crippen molar-refractivity contribution in [1.29, 1.82) is 0 Å². The minimum absolute atomic E-state index is 0.712. The molecule has 0 saturated heterocycles. The van der Waals surface area contributed by atoms with E-state index in [9.17, 15) is 0 Å². The van der Waals surface area contributed by atoms with Crippen molar-refractivity contribution >= 4 is 0 Å². The second kappa shape index (κ2) is 9.15. The van der Waals surface area contributed by atoms with Crippen LogP contribution in [0.3, 0.4) is 0 Å². The first-order chi connectivity index (χ1) is 9.51. The summed E-state index contributed by atoms with van der Waals surface area (Å²) in [6.07, 6.45) is 1.25. The number of benzene rings is 1. The molecule has 0 radical (unpaired) electrons. The van der Waals surface area contributed by atoms with Gasteiger partial charge in [-0.15, -0.1) is 0 Å². The fraction of sp³-hybridized carbons (Fsp3) is 0.667. The highest BCUT2D eigenvalue weighted by Crippen LogP contribution is 2.09. The van der Waals surface area contributed by atoms with Crippen molar-refractivity contribution in [3.05, 3.63) is 35.4 Å². The average Bonchev–Trinajstić information content (AvgIpc) is 2.40. The second-order valence-corrected chi connectivity index (χ2v) is 6.55. The predicted octanol–water partition coefficient (Wildman–Crippen LogP) is 3.91. The van der Waals surface area contributed by atoms with Crippen LogP contribution in [0, 0.1) is 11.8 Å². The Balaban J connectivity index is 2.38. The van der Waals surface area contributed by atoms with Gasteiger partial charge in [-0.05, 0) is 36.6 Å². The molecule has 1 N–H and O–H groups in total. The number of nitrogens with zero attached hydrogens (tertiary/aromatic N) is 1. The van der Waals surface area contributed by atoms with E-state index >= 15 is 0 Å². The highest BCUT2D eigenvalue weighted by atomic mass is 15.1. The van der Waals surface area contributed by atoms with E-state index in [1.165, 1.54) is 24.1 Å². The minimum atomic E-state index is 0.712. The zero-order chi connectivity index (χ0) is 15.0. The number of rotatable bonds is 9. The summed E-state index contributed by atoms with van der Waals surface area (Å²) in [6, 6.07) is 9.03. The molecule has 1 unspecified atom stereocenters. The van der Waals surface area contributed by atoms with E-state index in [0.717, 1.165) is 25.6 Å². The summed E-state index contributed by atoms with van der Waals surface area (Å²) < 4.78 is 0. The molecule has 0 aliphatic heterocycles. The maximum Gasteiger partial charge on any atom is 0.0230 e. The van der Waals surface area contributed by atoms with Crippen molar-refractivity contribution < 1.29 is 0 Å². The Morgan fingerprint density at radius 3 is 2.20 bits per heavy atom. The van der Waals surface area contributed by atoms with Gasteiger partial charge in [-0.1, -0.05) is 58.4 Å². The van der Waals surface area contributed by atoms with Gasteiger partial charge in [0.15, 0.2) is 0 Å². The van der Waals surface area contributed by atoms with E-state index < -0.39 is 0 Å². The third-order valence-corrected chi connectivity index (χ3v) is 3.68. The number of hydrogen-bond acceptors (Lipinski definition) is 2. The van der Waals surface area contributed by atoms with Gasteiger partial charge in [0.25, 0.3) is 0 Å². The van der Waals surface area contributed by atoms with E-state index in [2.05, 4.69) is 69.2 Å². The normalized spacial score (nSPS) is 13.2. The van der Waals surface area contributed by atoms with Crippen LogP contribution < -0.4 is 5.32 Å². The first kappa shape index (κ1) is 17.2. The van der Waals surface area contributed by atoms with Crippen molar-refractivity contribution in [1.82, 2.24) is 10.2 Å². The van der Waals surface area contributed by atoms with Gasteiger partial charge in [0.1, 0.15) is 0 Å². The molecule has 0 aromatic heterocycles. The van der Waals surface area contributed by atoms with Crippen molar-refractivity contribution in [2.24, 2.45) is 11.8 Å². The summed E-state index contributed by atoms with van der Waals surface area (Å²) in [7, 11) is 2.21. The van der Waals surface area contributed by atoms with Crippen LogP contribution in [0.1, 0.15) is 45.2 Å². The summed E-state index contributed by atoms with van der Waals surface area (Å²) in [5, 5.41) is 3.48. The van der Waals surface area contributed by atoms with E-state index in [-0.39, 0.29) is 0 Å². The highest BCUT2D eigenvalue weighted by Gasteiger charge is 2.05. The third kappa shape index (κ3) is 7.06. The first-order valence-corrected chi connectivity index (χ1v) is 7.98. The van der Waals surface area contributed by atoms with Gasteiger partial charge in [0.2, 0.25) is 0 Å². The summed E-state index contributed by atoms with van der Waals surface area (Å²) >= 11 is 0. The molecule has 0 aliphatic rings. The maximum absolute atomic E-state index is 3.48. The van der Waals surface area contributed by atoms with Crippen LogP contribution in [0.25, 0.3) is 0 Å². The molecule has 1 atom stereocenters. The van der Waals surface area contributed by atoms with E-state index in [1.807, 2.05) is 0 Å². The Kier molecular flexibility index (Phi) is 7.86. The van der Waals surface area contributed by atoms with Gasteiger partial charge in [-0.2, -0.15) is 0 Å². The smallest absolute Gasteiger partial charge is 0.0230 e. The molecule has 0 fully saturated rings. The third-order valence-electron chi connectivity index (χ3n) is 3.68. The molecule has 1 aromatic rings. The lowest BCUT2D eigenvalue weighted by molar-refractivity contribution is 0.275. The van der Waals surface area contributed by atoms with Crippen molar-refractivity contribution in [3.63, 3.8) is 0 Å². The van der Waals surface area contributed by atoms with Gasteiger partial charge in [0.05, 0.1) is 0 Å². The molecule has 2 nitrogen and oxygen atoms in total. The second-order valence-electron chi connectivity index (χ2n) is 6.55. The molecule has 2 heteroatoms. The molecule has 0 spiro atoms. The van der Waals surface area contributed by atoms with Gasteiger partial charge in [0, 0.05) is 19.6 Å². The molecule has 0 heterocycles. The molecule has 1 rings (SSSR count). The van der Waals surface area contributed by atoms with Crippen LogP contribution in [0.4, 0.5) is 0 Å². The Morgan fingerprint density at radius 2 is 1.65 bits per heavy atom. The Labute approximate surface area is 125 Å². The summed E-state index contributed by atoms with van der Waals surface area (Å²) in [5.74, 6) is 1.49. The van der Waals surface area contributed by atoms with Crippen LogP contribution in [-0.4, -0.2) is 25.0 Å². The Hall–Kier alpha value is -0.860. The zero-order valence-electron chi connectivity index (χ0n) is 13.9. The van der Waals surface area contributed by atoms with Crippen LogP contribution in [-0.2, 0) is 13.1 Å². The van der Waals surface area contributed by atoms with Crippen molar-refractivity contribution in [2.45, 2.75) is 47.2 Å². The number of nitrogens with one attached hydrogen (secondary N) is 1. The topological polar surface area (TPSA) is 15.3 Å². The molecule has 0 aliphatic carbocycles. The lowest BCUT2D eigenvalue weighted by Gasteiger charge is -2.20. The van der Waals surface area contributed by atoms with Crippen LogP contribution in [0.15, 0.2) is 24.3 Å². The average molecular weight is 276 g/mol. The van der Waals surface area contributed by atoms with E-state index in [0.29, 0.717) is 5.92 Å². The summed E-state index contributed by atoms with van der Waals surface area (Å²) in [5.41, 5.74) is 2.78. The standard InChI is InChI=1S/C18H32N2/c1-6-16(4)13-20(5)14-18-9-7-17(8-10-18)12-19-11-15(2)3/h7-10,15-16,19H,6,11-14H2,1-5H3. The van der Waals surface area contributed by atoms with Crippen molar-refractivity contribution in [3.8, 4) is 0 Å². The molecular formula is C18H32N2. The SMILES string of the molecule is CCC(C)CN(C)Cc1ccc(CNCC(C)C)cc1. The lowest BCUT2D eigenvalue weighted by Crippen LogP contribution is -2.23. The van der Waals surface area contributed by atoms with Crippen LogP contribution >= 0.6 is 0 Å². The molecule has 0 saturated carbocycles. The number of hydrogen-bond donors (Lipinski definition) is 1. The van der Waals surface area contributed by atoms with Gasteiger partial charge < -0.3 is 10.2 Å². The molecular weight excluding hydrogens is 244 g/mol. The summed E-state index contributed by atoms with van der Waals surface area (Å²) in [6.45, 7) is 13.3. The van der Waals surface area contributed by atoms with E-state index in [4.69, 9.17) is 0 Å². The Morgan fingerprint density at radius 1 is 1.05 bits per heavy atom. The molecule has 0 amide bonds. The molecule has 1 aromatic carbocycles. The molecule has 114 valence electrons. The van der Waals surface area contributed by atoms with Crippen LogP contribution in [0.5, 0.6) is 0 Å². The molecule has 20 heavy (non-hydrogen) atoms. The molecule has 0 bridgehead atoms. The largest absolute Gasteiger partial charge is 0.312 e. The van der Waals surface area contributed by atoms with Gasteiger partial charge in [-0.3, -0.25) is 0 Å². The van der Waals surface area contributed by atoms with Gasteiger partial charge in [-0.25, -0.2) is 0 Å². The highest BCUT2D eigenvalue weighted by molar-refractivity contribution is 5.22. The fourth-order valence-electron chi connectivity index (χ4n) is 2.31. The minimum Gasteiger partial charge on any atom is -0.312 e. The Bertz CT molecular complexity index is 356. The zero-order valence-corrected chi connectivity index (χ0v) is 13.9. The monoisotopic (exact) mass is 276 g/mol. The quantitative estimate of drug-likeness (QED) is 0.735. The lowest BCUT2D eigenvalue weighted by atomic mass is 10.1. The maximum atomic E-state index is 3.48. The fourth-order valence-corrected chi connectivity index (χ4v) is 2.31. The predicted molar refractivity (Wildman–Crippen MR) is 88.8 cm³/mol. The van der Waals surface area contributed by atoms with Gasteiger partial charge >= 0.3 is 0 Å². The van der Waals surface area contributed by atoms with Crippen molar-refractivity contribution in [2.75, 3.05) is 20.1 Å². The first-order valence-electron chi connectivity index (χ1n) is 7.98.